The summed E-state index contributed by atoms with van der Waals surface area (Å²) in [6.45, 7) is 0. The maximum absolute atomic E-state index is 13.3. The Kier molecular flexibility index (Phi) is 3.80. The lowest BCUT2D eigenvalue weighted by molar-refractivity contribution is 0.104. The Bertz CT molecular complexity index is 648. The van der Waals surface area contributed by atoms with E-state index in [1.807, 2.05) is 0 Å². The molecule has 2 rings (SSSR count). The quantitative estimate of drug-likeness (QED) is 0.603. The second-order valence-electron chi connectivity index (χ2n) is 3.85. The average Bonchev–Trinajstić information content (AvgIpc) is 2.40. The molecule has 0 amide bonds. The SMILES string of the molecule is O=C(/C=C/c1ccccc1F)c1ccc(F)c(F)c1. The molecule has 2 aromatic rings. The molecule has 0 heterocycles. The third-order valence-electron chi connectivity index (χ3n) is 2.52. The molecule has 0 atom stereocenters. The number of hydrogen-bond donors (Lipinski definition) is 0. The number of carbonyl (C=O) groups is 1. The third kappa shape index (κ3) is 3.10. The molecule has 0 radical (unpaired) electrons. The first-order valence-corrected chi connectivity index (χ1v) is 5.50. The third-order valence-corrected chi connectivity index (χ3v) is 2.52. The molecule has 2 aromatic carbocycles. The fourth-order valence-corrected chi connectivity index (χ4v) is 1.52. The van der Waals surface area contributed by atoms with Gasteiger partial charge in [0.05, 0.1) is 0 Å². The van der Waals surface area contributed by atoms with Gasteiger partial charge >= 0.3 is 0 Å². The highest BCUT2D eigenvalue weighted by atomic mass is 19.2. The van der Waals surface area contributed by atoms with Crippen LogP contribution in [0, 0.1) is 17.5 Å². The van der Waals surface area contributed by atoms with Crippen LogP contribution in [-0.4, -0.2) is 5.78 Å². The molecule has 0 aliphatic rings. The van der Waals surface area contributed by atoms with E-state index in [9.17, 15) is 18.0 Å². The van der Waals surface area contributed by atoms with E-state index in [-0.39, 0.29) is 11.1 Å². The summed E-state index contributed by atoms with van der Waals surface area (Å²) in [6.07, 6.45) is 2.41. The van der Waals surface area contributed by atoms with Crippen LogP contribution in [0.5, 0.6) is 0 Å². The van der Waals surface area contributed by atoms with Crippen LogP contribution in [0.25, 0.3) is 6.08 Å². The fourth-order valence-electron chi connectivity index (χ4n) is 1.52. The fraction of sp³-hybridized carbons (Fsp3) is 0. The summed E-state index contributed by atoms with van der Waals surface area (Å²) in [7, 11) is 0. The van der Waals surface area contributed by atoms with E-state index in [1.54, 1.807) is 6.07 Å². The van der Waals surface area contributed by atoms with Crippen LogP contribution in [-0.2, 0) is 0 Å². The van der Waals surface area contributed by atoms with E-state index in [2.05, 4.69) is 0 Å². The number of allylic oxidation sites excluding steroid dienone is 1. The molecular weight excluding hydrogens is 253 g/mol. The van der Waals surface area contributed by atoms with Crippen molar-refractivity contribution in [2.75, 3.05) is 0 Å². The van der Waals surface area contributed by atoms with Gasteiger partial charge in [0.1, 0.15) is 5.82 Å². The van der Waals surface area contributed by atoms with Crippen molar-refractivity contribution in [1.29, 1.82) is 0 Å². The monoisotopic (exact) mass is 262 g/mol. The van der Waals surface area contributed by atoms with Gasteiger partial charge in [-0.15, -0.1) is 0 Å². The molecular formula is C15H9F3O. The Balaban J connectivity index is 2.21. The van der Waals surface area contributed by atoms with Gasteiger partial charge in [0.2, 0.25) is 0 Å². The number of benzene rings is 2. The minimum absolute atomic E-state index is 0.00601. The summed E-state index contributed by atoms with van der Waals surface area (Å²) in [4.78, 5) is 11.7. The van der Waals surface area contributed by atoms with E-state index in [0.29, 0.717) is 0 Å². The summed E-state index contributed by atoms with van der Waals surface area (Å²) in [5.41, 5.74) is 0.255. The molecule has 0 aliphatic carbocycles. The summed E-state index contributed by atoms with van der Waals surface area (Å²) in [5.74, 6) is -3.10. The van der Waals surface area contributed by atoms with Gasteiger partial charge in [-0.05, 0) is 36.4 Å². The number of ketones is 1. The Morgan fingerprint density at radius 3 is 2.32 bits per heavy atom. The summed E-state index contributed by atoms with van der Waals surface area (Å²) in [6, 6.07) is 8.79. The highest BCUT2D eigenvalue weighted by molar-refractivity contribution is 6.06. The van der Waals surface area contributed by atoms with E-state index < -0.39 is 23.2 Å². The molecule has 0 saturated carbocycles. The lowest BCUT2D eigenvalue weighted by Gasteiger charge is -1.98. The van der Waals surface area contributed by atoms with Gasteiger partial charge in [-0.1, -0.05) is 18.2 Å². The second-order valence-corrected chi connectivity index (χ2v) is 3.85. The van der Waals surface area contributed by atoms with Crippen LogP contribution in [0.15, 0.2) is 48.5 Å². The van der Waals surface area contributed by atoms with Gasteiger partial charge in [-0.25, -0.2) is 13.2 Å². The van der Waals surface area contributed by atoms with Crippen LogP contribution < -0.4 is 0 Å². The first-order valence-electron chi connectivity index (χ1n) is 5.50. The Morgan fingerprint density at radius 2 is 1.63 bits per heavy atom. The zero-order chi connectivity index (χ0) is 13.8. The molecule has 96 valence electrons. The molecule has 0 spiro atoms. The van der Waals surface area contributed by atoms with E-state index in [0.717, 1.165) is 18.2 Å². The number of rotatable bonds is 3. The van der Waals surface area contributed by atoms with Crippen LogP contribution >= 0.6 is 0 Å². The minimum atomic E-state index is -1.09. The second kappa shape index (κ2) is 5.52. The Labute approximate surface area is 108 Å². The molecule has 0 fully saturated rings. The highest BCUT2D eigenvalue weighted by Gasteiger charge is 2.07. The van der Waals surface area contributed by atoms with E-state index in [4.69, 9.17) is 0 Å². The molecule has 0 N–H and O–H groups in total. The van der Waals surface area contributed by atoms with Gasteiger partial charge in [0.15, 0.2) is 17.4 Å². The Hall–Kier alpha value is -2.36. The van der Waals surface area contributed by atoms with Gasteiger partial charge < -0.3 is 0 Å². The molecule has 0 aliphatic heterocycles. The van der Waals surface area contributed by atoms with Gasteiger partial charge in [-0.2, -0.15) is 0 Å². The Morgan fingerprint density at radius 1 is 0.895 bits per heavy atom. The number of carbonyl (C=O) groups excluding carboxylic acids is 1. The lowest BCUT2D eigenvalue weighted by Crippen LogP contribution is -1.96. The predicted molar refractivity (Wildman–Crippen MR) is 66.1 cm³/mol. The van der Waals surface area contributed by atoms with Gasteiger partial charge in [0, 0.05) is 11.1 Å². The smallest absolute Gasteiger partial charge is 0.185 e. The largest absolute Gasteiger partial charge is 0.289 e. The predicted octanol–water partition coefficient (Wildman–Crippen LogP) is 4.00. The van der Waals surface area contributed by atoms with Crippen LogP contribution in [0.3, 0.4) is 0 Å². The van der Waals surface area contributed by atoms with Gasteiger partial charge in [-0.3, -0.25) is 4.79 Å². The van der Waals surface area contributed by atoms with Crippen molar-refractivity contribution in [2.24, 2.45) is 0 Å². The van der Waals surface area contributed by atoms with Crippen molar-refractivity contribution in [3.63, 3.8) is 0 Å². The van der Waals surface area contributed by atoms with Crippen LogP contribution in [0.4, 0.5) is 13.2 Å². The first-order chi connectivity index (χ1) is 9.08. The van der Waals surface area contributed by atoms with Crippen molar-refractivity contribution < 1.29 is 18.0 Å². The lowest BCUT2D eigenvalue weighted by atomic mass is 10.1. The first kappa shape index (κ1) is 13.1. The zero-order valence-electron chi connectivity index (χ0n) is 9.74. The van der Waals surface area contributed by atoms with E-state index >= 15 is 0 Å². The minimum Gasteiger partial charge on any atom is -0.289 e. The molecule has 1 nitrogen and oxygen atoms in total. The zero-order valence-corrected chi connectivity index (χ0v) is 9.74. The van der Waals surface area contributed by atoms with Crippen molar-refractivity contribution >= 4 is 11.9 Å². The van der Waals surface area contributed by atoms with Crippen molar-refractivity contribution in [1.82, 2.24) is 0 Å². The highest BCUT2D eigenvalue weighted by Crippen LogP contribution is 2.12. The summed E-state index contributed by atoms with van der Waals surface area (Å²) in [5, 5.41) is 0. The number of halogens is 3. The van der Waals surface area contributed by atoms with Crippen LogP contribution in [0.1, 0.15) is 15.9 Å². The normalized spacial score (nSPS) is 10.9. The van der Waals surface area contributed by atoms with Gasteiger partial charge in [0.25, 0.3) is 0 Å². The van der Waals surface area contributed by atoms with Crippen molar-refractivity contribution in [3.05, 3.63) is 77.1 Å². The molecule has 0 aromatic heterocycles. The maximum Gasteiger partial charge on any atom is 0.185 e. The average molecular weight is 262 g/mol. The molecule has 19 heavy (non-hydrogen) atoms. The standard InChI is InChI=1S/C15H9F3O/c16-12-4-2-1-3-10(12)6-8-15(19)11-5-7-13(17)14(18)9-11/h1-9H/b8-6+. The maximum atomic E-state index is 13.3. The number of hydrogen-bond acceptors (Lipinski definition) is 1. The molecule has 0 bridgehead atoms. The van der Waals surface area contributed by atoms with E-state index in [1.165, 1.54) is 30.3 Å². The summed E-state index contributed by atoms with van der Waals surface area (Å²) < 4.78 is 39.0. The summed E-state index contributed by atoms with van der Waals surface area (Å²) >= 11 is 0. The van der Waals surface area contributed by atoms with Crippen molar-refractivity contribution in [3.8, 4) is 0 Å². The molecule has 0 saturated heterocycles. The molecule has 4 heteroatoms. The topological polar surface area (TPSA) is 17.1 Å². The van der Waals surface area contributed by atoms with Crippen molar-refractivity contribution in [2.45, 2.75) is 0 Å². The van der Waals surface area contributed by atoms with Crippen LogP contribution in [0.2, 0.25) is 0 Å². The molecule has 0 unspecified atom stereocenters.